The minimum Gasteiger partial charge on any atom is -0.480 e. The first-order chi connectivity index (χ1) is 8.04. The van der Waals surface area contributed by atoms with E-state index < -0.39 is 17.9 Å². The molecule has 2 N–H and O–H groups in total. The molecule has 1 rings (SSSR count). The molecule has 0 saturated heterocycles. The topological polar surface area (TPSA) is 79.3 Å². The third kappa shape index (κ3) is 3.99. The van der Waals surface area contributed by atoms with Gasteiger partial charge in [-0.1, -0.05) is 6.08 Å². The number of carbonyl (C=O) groups excluding carboxylic acids is 1. The van der Waals surface area contributed by atoms with Crippen LogP contribution in [0.5, 0.6) is 0 Å². The van der Waals surface area contributed by atoms with Crippen LogP contribution < -0.4 is 5.32 Å². The van der Waals surface area contributed by atoms with Gasteiger partial charge in [0.2, 0.25) is 0 Å². The van der Waals surface area contributed by atoms with E-state index in [9.17, 15) is 9.59 Å². The van der Waals surface area contributed by atoms with Crippen LogP contribution in [0.15, 0.2) is 35.5 Å². The van der Waals surface area contributed by atoms with Gasteiger partial charge in [0.15, 0.2) is 0 Å². The maximum atomic E-state index is 11.7. The van der Waals surface area contributed by atoms with E-state index in [1.54, 1.807) is 6.07 Å². The van der Waals surface area contributed by atoms with Gasteiger partial charge in [-0.15, -0.1) is 6.58 Å². The highest BCUT2D eigenvalue weighted by atomic mass is 79.9. The lowest BCUT2D eigenvalue weighted by Crippen LogP contribution is -2.40. The minimum atomic E-state index is -1.10. The molecule has 1 atom stereocenters. The van der Waals surface area contributed by atoms with E-state index in [-0.39, 0.29) is 12.1 Å². The van der Waals surface area contributed by atoms with Crippen LogP contribution in [0, 0.1) is 0 Å². The first-order valence-corrected chi connectivity index (χ1v) is 5.60. The van der Waals surface area contributed by atoms with Crippen molar-refractivity contribution in [3.8, 4) is 0 Å². The quantitative estimate of drug-likeness (QED) is 0.809. The second-order valence-electron chi connectivity index (χ2n) is 3.25. The SMILES string of the molecule is C=CCC(NC(=O)c1ccc(Br)cn1)C(=O)O. The zero-order valence-corrected chi connectivity index (χ0v) is 10.5. The number of nitrogens with zero attached hydrogens (tertiary/aromatic N) is 1. The van der Waals surface area contributed by atoms with Crippen LogP contribution in [-0.2, 0) is 4.79 Å². The highest BCUT2D eigenvalue weighted by molar-refractivity contribution is 9.10. The monoisotopic (exact) mass is 298 g/mol. The molecule has 0 radical (unpaired) electrons. The lowest BCUT2D eigenvalue weighted by molar-refractivity contribution is -0.139. The fourth-order valence-corrected chi connectivity index (χ4v) is 1.37. The molecule has 0 saturated carbocycles. The van der Waals surface area contributed by atoms with Crippen LogP contribution in [0.25, 0.3) is 0 Å². The smallest absolute Gasteiger partial charge is 0.326 e. The lowest BCUT2D eigenvalue weighted by Gasteiger charge is -2.11. The molecule has 17 heavy (non-hydrogen) atoms. The van der Waals surface area contributed by atoms with Crippen molar-refractivity contribution in [2.24, 2.45) is 0 Å². The van der Waals surface area contributed by atoms with Crippen LogP contribution in [-0.4, -0.2) is 28.0 Å². The van der Waals surface area contributed by atoms with Crippen LogP contribution >= 0.6 is 15.9 Å². The second-order valence-corrected chi connectivity index (χ2v) is 4.17. The summed E-state index contributed by atoms with van der Waals surface area (Å²) >= 11 is 3.19. The third-order valence-electron chi connectivity index (χ3n) is 1.97. The van der Waals surface area contributed by atoms with E-state index in [1.807, 2.05) is 0 Å². The Balaban J connectivity index is 2.73. The van der Waals surface area contributed by atoms with E-state index in [4.69, 9.17) is 5.11 Å². The Morgan fingerprint density at radius 2 is 2.29 bits per heavy atom. The van der Waals surface area contributed by atoms with E-state index >= 15 is 0 Å². The normalized spacial score (nSPS) is 11.6. The van der Waals surface area contributed by atoms with Gasteiger partial charge >= 0.3 is 5.97 Å². The predicted molar refractivity (Wildman–Crippen MR) is 65.6 cm³/mol. The third-order valence-corrected chi connectivity index (χ3v) is 2.43. The molecule has 0 spiro atoms. The van der Waals surface area contributed by atoms with Crippen molar-refractivity contribution < 1.29 is 14.7 Å². The van der Waals surface area contributed by atoms with Gasteiger partial charge in [0.25, 0.3) is 5.91 Å². The Kier molecular flexibility index (Phi) is 4.84. The number of hydrogen-bond donors (Lipinski definition) is 2. The minimum absolute atomic E-state index is 0.164. The summed E-state index contributed by atoms with van der Waals surface area (Å²) in [6.45, 7) is 3.44. The molecule has 5 nitrogen and oxygen atoms in total. The molecule has 1 aromatic rings. The Bertz CT molecular complexity index is 431. The number of hydrogen-bond acceptors (Lipinski definition) is 3. The largest absolute Gasteiger partial charge is 0.480 e. The fraction of sp³-hybridized carbons (Fsp3) is 0.182. The molecule has 1 unspecified atom stereocenters. The molecule has 1 aromatic heterocycles. The number of carbonyl (C=O) groups is 2. The standard InChI is InChI=1S/C11H11BrN2O3/c1-2-3-9(11(16)17)14-10(15)8-5-4-7(12)6-13-8/h2,4-6,9H,1,3H2,(H,14,15)(H,16,17). The molecular weight excluding hydrogens is 288 g/mol. The van der Waals surface area contributed by atoms with E-state index in [0.29, 0.717) is 0 Å². The Labute approximate surface area is 107 Å². The first kappa shape index (κ1) is 13.4. The van der Waals surface area contributed by atoms with Gasteiger partial charge in [-0.05, 0) is 34.5 Å². The van der Waals surface area contributed by atoms with Crippen molar-refractivity contribution in [2.45, 2.75) is 12.5 Å². The zero-order chi connectivity index (χ0) is 12.8. The predicted octanol–water partition coefficient (Wildman–Crippen LogP) is 1.60. The molecule has 0 aliphatic rings. The number of carboxylic acids is 1. The molecule has 0 aliphatic carbocycles. The average molecular weight is 299 g/mol. The summed E-state index contributed by atoms with van der Waals surface area (Å²) < 4.78 is 0.745. The summed E-state index contributed by atoms with van der Waals surface area (Å²) in [5, 5.41) is 11.2. The van der Waals surface area contributed by atoms with Crippen molar-refractivity contribution in [3.63, 3.8) is 0 Å². The number of amides is 1. The molecule has 6 heteroatoms. The van der Waals surface area contributed by atoms with Crippen molar-refractivity contribution in [3.05, 3.63) is 41.2 Å². The summed E-state index contributed by atoms with van der Waals surface area (Å²) in [5.74, 6) is -1.62. The summed E-state index contributed by atoms with van der Waals surface area (Å²) in [6, 6.07) is 2.18. The Morgan fingerprint density at radius 3 is 2.76 bits per heavy atom. The van der Waals surface area contributed by atoms with Crippen molar-refractivity contribution in [1.82, 2.24) is 10.3 Å². The number of aromatic nitrogens is 1. The lowest BCUT2D eigenvalue weighted by atomic mass is 10.2. The summed E-state index contributed by atoms with van der Waals surface area (Å²) in [4.78, 5) is 26.4. The molecule has 1 amide bonds. The first-order valence-electron chi connectivity index (χ1n) is 4.80. The van der Waals surface area contributed by atoms with Gasteiger partial charge in [-0.3, -0.25) is 4.79 Å². The molecule has 0 fully saturated rings. The van der Waals surface area contributed by atoms with Crippen LogP contribution in [0.3, 0.4) is 0 Å². The van der Waals surface area contributed by atoms with Crippen LogP contribution in [0.1, 0.15) is 16.9 Å². The number of rotatable bonds is 5. The zero-order valence-electron chi connectivity index (χ0n) is 8.89. The number of nitrogens with one attached hydrogen (secondary N) is 1. The van der Waals surface area contributed by atoms with Crippen LogP contribution in [0.2, 0.25) is 0 Å². The van der Waals surface area contributed by atoms with Gasteiger partial charge < -0.3 is 10.4 Å². The molecular formula is C11H11BrN2O3. The maximum absolute atomic E-state index is 11.7. The summed E-state index contributed by atoms with van der Waals surface area (Å²) in [7, 11) is 0. The molecule has 0 aliphatic heterocycles. The van der Waals surface area contributed by atoms with Gasteiger partial charge in [-0.2, -0.15) is 0 Å². The summed E-state index contributed by atoms with van der Waals surface area (Å²) in [6.07, 6.45) is 3.07. The van der Waals surface area contributed by atoms with E-state index in [2.05, 4.69) is 32.8 Å². The van der Waals surface area contributed by atoms with E-state index in [1.165, 1.54) is 18.3 Å². The van der Waals surface area contributed by atoms with Crippen molar-refractivity contribution in [2.75, 3.05) is 0 Å². The average Bonchev–Trinajstić information content (AvgIpc) is 2.29. The van der Waals surface area contributed by atoms with Gasteiger partial charge in [-0.25, -0.2) is 9.78 Å². The van der Waals surface area contributed by atoms with Gasteiger partial charge in [0.1, 0.15) is 11.7 Å². The highest BCUT2D eigenvalue weighted by Gasteiger charge is 2.19. The second kappa shape index (κ2) is 6.15. The molecule has 0 aromatic carbocycles. The Hall–Kier alpha value is -1.69. The Morgan fingerprint density at radius 1 is 1.59 bits per heavy atom. The fourth-order valence-electron chi connectivity index (χ4n) is 1.13. The molecule has 0 bridgehead atoms. The van der Waals surface area contributed by atoms with Gasteiger partial charge in [0, 0.05) is 10.7 Å². The van der Waals surface area contributed by atoms with Crippen molar-refractivity contribution in [1.29, 1.82) is 0 Å². The van der Waals surface area contributed by atoms with Gasteiger partial charge in [0.05, 0.1) is 0 Å². The number of aliphatic carboxylic acids is 1. The number of halogens is 1. The van der Waals surface area contributed by atoms with E-state index in [0.717, 1.165) is 4.47 Å². The highest BCUT2D eigenvalue weighted by Crippen LogP contribution is 2.07. The number of carboxylic acid groups (broad SMARTS) is 1. The summed E-state index contributed by atoms with van der Waals surface area (Å²) in [5.41, 5.74) is 0.170. The number of pyridine rings is 1. The molecule has 90 valence electrons. The maximum Gasteiger partial charge on any atom is 0.326 e. The molecule has 1 heterocycles. The van der Waals surface area contributed by atoms with Crippen LogP contribution in [0.4, 0.5) is 0 Å². The van der Waals surface area contributed by atoms with Crippen molar-refractivity contribution >= 4 is 27.8 Å².